The number of aliphatic hydroxyl groups is 1. The van der Waals surface area contributed by atoms with Crippen LogP contribution in [0.15, 0.2) is 146 Å². The van der Waals surface area contributed by atoms with Gasteiger partial charge in [-0.15, -0.1) is 0 Å². The van der Waals surface area contributed by atoms with Crippen LogP contribution in [0.25, 0.3) is 0 Å². The quantitative estimate of drug-likeness (QED) is 0.0152. The third-order valence-corrected chi connectivity index (χ3v) is 12.9. The number of halogens is 2. The first kappa shape index (κ1) is 47.7. The normalized spacial score (nSPS) is 15.1. The molecule has 0 saturated heterocycles. The molecule has 0 bridgehead atoms. The molecule has 0 fully saturated rings. The number of nitrogens with zero attached hydrogens (tertiary/aromatic N) is 2. The Labute approximate surface area is 389 Å². The Morgan fingerprint density at radius 2 is 1.09 bits per heavy atom. The van der Waals surface area contributed by atoms with Crippen molar-refractivity contribution in [3.63, 3.8) is 0 Å². The second-order valence-electron chi connectivity index (χ2n) is 13.7. The molecule has 4 atom stereocenters. The number of ether oxygens (including phenoxy) is 3. The van der Waals surface area contributed by atoms with Crippen LogP contribution in [0.3, 0.4) is 0 Å². The number of rotatable bonds is 6. The SMILES string of the molecule is O=C(Cl)Oc1ccc([N+](=O)[O-])cc1.O=C(Oc1ccc([N+](=O)[O-])cc1)OC1Cc2ccccc2C#Cc2ccccc21.OC1Cc2ccccc2C#Cc2ccccc21.[2H]I(N)(=O)B(C)P. The van der Waals surface area contributed by atoms with Crippen molar-refractivity contribution in [3.8, 4) is 35.2 Å². The molecule has 0 aromatic heterocycles. The number of fused-ring (bicyclic) bond motifs is 4. The molecule has 14 nitrogen and oxygen atoms in total. The van der Waals surface area contributed by atoms with Gasteiger partial charge in [0, 0.05) is 76.5 Å². The average Bonchev–Trinajstić information content (AvgIpc) is 3.27. The number of carbonyl (C=O) groups is 2. The summed E-state index contributed by atoms with van der Waals surface area (Å²) in [5.41, 5.74) is 6.29. The van der Waals surface area contributed by atoms with Gasteiger partial charge in [0.2, 0.25) is 0 Å². The Morgan fingerprint density at radius 3 is 1.55 bits per heavy atom. The molecule has 330 valence electrons. The van der Waals surface area contributed by atoms with E-state index in [4.69, 9.17) is 25.6 Å². The summed E-state index contributed by atoms with van der Waals surface area (Å²) >= 11 is 1.28. The summed E-state index contributed by atoms with van der Waals surface area (Å²) < 4.78 is 37.2. The zero-order valence-corrected chi connectivity index (χ0v) is 38.4. The van der Waals surface area contributed by atoms with E-state index in [2.05, 4.69) is 37.5 Å². The van der Waals surface area contributed by atoms with Crippen molar-refractivity contribution in [2.75, 3.05) is 0 Å². The van der Waals surface area contributed by atoms with Gasteiger partial charge in [-0.1, -0.05) is 96.5 Å². The van der Waals surface area contributed by atoms with Crippen LogP contribution in [0, 0.1) is 43.9 Å². The predicted molar refractivity (Wildman–Crippen MR) is 260 cm³/mol. The van der Waals surface area contributed by atoms with Crippen LogP contribution in [-0.4, -0.2) is 31.4 Å². The van der Waals surface area contributed by atoms with Crippen molar-refractivity contribution in [1.29, 1.82) is 0.594 Å². The first-order valence-electron chi connectivity index (χ1n) is 19.7. The van der Waals surface area contributed by atoms with E-state index in [-0.39, 0.29) is 27.2 Å². The number of aliphatic hydroxyl groups excluding tert-OH is 1. The molecule has 4 unspecified atom stereocenters. The van der Waals surface area contributed by atoms with Gasteiger partial charge in [0.1, 0.15) is 17.6 Å². The van der Waals surface area contributed by atoms with Crippen LogP contribution in [0.4, 0.5) is 21.0 Å². The number of nitrogens with two attached hydrogens (primary N) is 1. The van der Waals surface area contributed by atoms with E-state index in [0.29, 0.717) is 12.8 Å². The van der Waals surface area contributed by atoms with Crippen LogP contribution in [0.5, 0.6) is 11.5 Å². The molecule has 65 heavy (non-hydrogen) atoms. The van der Waals surface area contributed by atoms with Crippen LogP contribution in [0.2, 0.25) is 6.82 Å². The molecule has 6 aromatic carbocycles. The molecule has 8 rings (SSSR count). The van der Waals surface area contributed by atoms with Crippen molar-refractivity contribution in [2.45, 2.75) is 31.9 Å². The maximum atomic E-state index is 12.4. The Bertz CT molecular complexity index is 2900. The molecule has 0 aliphatic heterocycles. The summed E-state index contributed by atoms with van der Waals surface area (Å²) in [7, 11) is 2.26. The van der Waals surface area contributed by atoms with Gasteiger partial charge in [0.05, 0.1) is 16.0 Å². The number of hydrogen-bond acceptors (Lipinski definition) is 11. The van der Waals surface area contributed by atoms with Gasteiger partial charge in [-0.05, 0) is 65.2 Å². The zero-order valence-electron chi connectivity index (χ0n) is 35.3. The summed E-state index contributed by atoms with van der Waals surface area (Å²) in [6, 6.07) is 41.3. The van der Waals surface area contributed by atoms with E-state index in [0.717, 1.165) is 44.5 Å². The van der Waals surface area contributed by atoms with Crippen LogP contribution in [0.1, 0.15) is 56.7 Å². The van der Waals surface area contributed by atoms with E-state index in [1.165, 1.54) is 48.5 Å². The van der Waals surface area contributed by atoms with Gasteiger partial charge in [-0.3, -0.25) is 20.2 Å². The van der Waals surface area contributed by atoms with Gasteiger partial charge in [-0.25, -0.2) is 9.59 Å². The predicted octanol–water partition coefficient (Wildman–Crippen LogP) is 10.3. The average molecular weight is 1030 g/mol. The molecule has 0 radical (unpaired) electrons. The van der Waals surface area contributed by atoms with Crippen molar-refractivity contribution < 1.29 is 41.8 Å². The van der Waals surface area contributed by atoms with Gasteiger partial charge in [0.15, 0.2) is 0 Å². The van der Waals surface area contributed by atoms with E-state index in [9.17, 15) is 38.0 Å². The summed E-state index contributed by atoms with van der Waals surface area (Å²) in [6.07, 6.45) is -0.849. The molecule has 2 aliphatic rings. The minimum atomic E-state index is -3.64. The molecule has 18 heteroatoms. The van der Waals surface area contributed by atoms with Gasteiger partial charge < -0.3 is 19.3 Å². The Kier molecular flexibility index (Phi) is 17.8. The molecule has 3 N–H and O–H groups in total. The van der Waals surface area contributed by atoms with Gasteiger partial charge >= 0.3 is 59.1 Å². The van der Waals surface area contributed by atoms with Crippen molar-refractivity contribution in [2.24, 2.45) is 3.95 Å². The molecule has 0 spiro atoms. The number of nitro groups is 2. The molecular formula is C47H39BClIN3O11P. The fourth-order valence-corrected chi connectivity index (χ4v) is 6.13. The second kappa shape index (κ2) is 24.3. The fraction of sp³-hybridized carbons (Fsp3) is 0.106. The summed E-state index contributed by atoms with van der Waals surface area (Å²) in [5, 5.41) is 31.2. The maximum absolute atomic E-state index is 12.4. The molecule has 0 amide bonds. The van der Waals surface area contributed by atoms with Crippen molar-refractivity contribution in [3.05, 3.63) is 210 Å². The van der Waals surface area contributed by atoms with Crippen molar-refractivity contribution in [1.82, 2.24) is 0 Å². The first-order chi connectivity index (χ1) is 31.5. The minimum absolute atomic E-state index is 0.0747. The number of hydrogen-bond donors (Lipinski definition) is 2. The summed E-state index contributed by atoms with van der Waals surface area (Å²) in [6.45, 7) is 1.67. The third-order valence-electron chi connectivity index (χ3n) is 9.22. The molecule has 0 saturated carbocycles. The number of carbonyl (C=O) groups excluding carboxylic acids is 2. The zero-order chi connectivity index (χ0) is 47.8. The Morgan fingerprint density at radius 1 is 0.708 bits per heavy atom. The second-order valence-corrected chi connectivity index (χ2v) is 20.1. The van der Waals surface area contributed by atoms with Crippen molar-refractivity contribution >= 4 is 67.6 Å². The Balaban J connectivity index is 0.000000187. The Hall–Kier alpha value is -6.79. The first-order valence-corrected chi connectivity index (χ1v) is 23.8. The standard InChI is InChI=1S/C23H15NO5.C16H12O.C7H4ClNO4.CH8BINOP/c25-23(28-20-13-11-19(12-14-20)24(26)27)29-22-15-18-7-2-1-5-16(18)9-10-17-6-3-4-8-21(17)22;17-16-11-14-7-2-1-5-12(14)9-10-13-6-3-4-8-15(13)16;8-7(10)13-6-3-1-5(2-4-6)9(11)12;1-2(6)3(4)5/h1-8,11-14,22H,15H2;1-8,16-17H,11H2;1-4H;3H,6H2,1H3,(H2,4,5)/i;;;3D. The molecule has 0 heterocycles. The fourth-order valence-electron chi connectivity index (χ4n) is 6.04. The monoisotopic (exact) mass is 1030 g/mol. The number of non-ortho nitro benzene ring substituents is 2. The summed E-state index contributed by atoms with van der Waals surface area (Å²) in [4.78, 5) is 42.5. The topological polar surface area (TPSA) is 211 Å². The van der Waals surface area contributed by atoms with Crippen LogP contribution >= 0.6 is 40.4 Å². The van der Waals surface area contributed by atoms with Gasteiger partial charge in [-0.2, -0.15) is 0 Å². The van der Waals surface area contributed by atoms with E-state index < -0.39 is 53.3 Å². The van der Waals surface area contributed by atoms with Crippen LogP contribution < -0.4 is 13.4 Å². The molecule has 2 aliphatic carbocycles. The molecular weight excluding hydrogens is 987 g/mol. The number of nitro benzene ring substituents is 2. The molecule has 6 aromatic rings. The van der Waals surface area contributed by atoms with Gasteiger partial charge in [0.25, 0.3) is 11.4 Å². The third kappa shape index (κ3) is 15.2. The summed E-state index contributed by atoms with van der Waals surface area (Å²) in [5.74, 6) is 13.0. The van der Waals surface area contributed by atoms with E-state index >= 15 is 0 Å². The van der Waals surface area contributed by atoms with E-state index in [1.807, 2.05) is 97.1 Å². The van der Waals surface area contributed by atoms with E-state index in [1.54, 1.807) is 6.82 Å². The number of benzene rings is 6. The van der Waals surface area contributed by atoms with Crippen LogP contribution in [-0.2, 0) is 20.6 Å².